The first-order chi connectivity index (χ1) is 10.9. The second kappa shape index (κ2) is 6.47. The van der Waals surface area contributed by atoms with Gasteiger partial charge in [-0.05, 0) is 32.4 Å². The van der Waals surface area contributed by atoms with Crippen molar-refractivity contribution in [3.63, 3.8) is 0 Å². The van der Waals surface area contributed by atoms with Crippen LogP contribution in [0.3, 0.4) is 0 Å². The van der Waals surface area contributed by atoms with Crippen LogP contribution >= 0.6 is 0 Å². The Bertz CT molecular complexity index is 627. The highest BCUT2D eigenvalue weighted by atomic mass is 32.2. The molecule has 0 radical (unpaired) electrons. The van der Waals surface area contributed by atoms with Crippen molar-refractivity contribution in [2.45, 2.75) is 37.7 Å². The van der Waals surface area contributed by atoms with Crippen LogP contribution in [0.15, 0.2) is 24.4 Å². The van der Waals surface area contributed by atoms with Crippen LogP contribution in [0.4, 0.5) is 0 Å². The molecule has 2 saturated heterocycles. The van der Waals surface area contributed by atoms with Crippen molar-refractivity contribution in [1.29, 1.82) is 0 Å². The quantitative estimate of drug-likeness (QED) is 0.783. The zero-order chi connectivity index (χ0) is 16.5. The van der Waals surface area contributed by atoms with Crippen LogP contribution in [0.25, 0.3) is 0 Å². The number of pyridine rings is 1. The van der Waals surface area contributed by atoms with Gasteiger partial charge in [-0.2, -0.15) is 4.31 Å². The molecule has 0 aromatic carbocycles. The van der Waals surface area contributed by atoms with Gasteiger partial charge >= 0.3 is 0 Å². The van der Waals surface area contributed by atoms with Crippen molar-refractivity contribution >= 4 is 10.0 Å². The summed E-state index contributed by atoms with van der Waals surface area (Å²) in [7, 11) is -3.19. The Balaban J connectivity index is 1.53. The summed E-state index contributed by atoms with van der Waals surface area (Å²) in [6.45, 7) is 6.05. The van der Waals surface area contributed by atoms with E-state index >= 15 is 0 Å². The molecule has 23 heavy (non-hydrogen) atoms. The van der Waals surface area contributed by atoms with Crippen molar-refractivity contribution in [1.82, 2.24) is 9.29 Å². The Labute approximate surface area is 137 Å². The number of hydrogen-bond donors (Lipinski definition) is 0. The smallest absolute Gasteiger partial charge is 0.216 e. The fourth-order valence-electron chi connectivity index (χ4n) is 3.19. The molecule has 7 heteroatoms. The van der Waals surface area contributed by atoms with Crippen LogP contribution in [0, 0.1) is 5.92 Å². The summed E-state index contributed by atoms with van der Waals surface area (Å²) in [6, 6.07) is 5.75. The van der Waals surface area contributed by atoms with E-state index in [9.17, 15) is 8.42 Å². The second-order valence-corrected chi connectivity index (χ2v) is 9.09. The topological polar surface area (TPSA) is 68.7 Å². The monoisotopic (exact) mass is 340 g/mol. The highest BCUT2D eigenvalue weighted by Crippen LogP contribution is 2.41. The maximum absolute atomic E-state index is 12.2. The van der Waals surface area contributed by atoms with Gasteiger partial charge in [0.2, 0.25) is 10.0 Å². The third-order valence-corrected chi connectivity index (χ3v) is 6.91. The number of rotatable bonds is 6. The predicted molar refractivity (Wildman–Crippen MR) is 86.3 cm³/mol. The Morgan fingerprint density at radius 1 is 1.43 bits per heavy atom. The Kier molecular flexibility index (Phi) is 4.73. The Morgan fingerprint density at radius 2 is 2.22 bits per heavy atom. The number of nitrogens with zero attached hydrogens (tertiary/aromatic N) is 2. The number of hydrogen-bond acceptors (Lipinski definition) is 5. The van der Waals surface area contributed by atoms with E-state index in [0.29, 0.717) is 32.9 Å². The van der Waals surface area contributed by atoms with Gasteiger partial charge in [0.15, 0.2) is 0 Å². The molecule has 1 atom stereocenters. The summed E-state index contributed by atoms with van der Waals surface area (Å²) in [5.74, 6) is 0.241. The van der Waals surface area contributed by atoms with Gasteiger partial charge in [0, 0.05) is 31.8 Å². The third-order valence-electron chi connectivity index (χ3n) is 4.74. The number of sulfonamides is 1. The fourth-order valence-corrected chi connectivity index (χ4v) is 4.58. The van der Waals surface area contributed by atoms with Crippen LogP contribution in [-0.2, 0) is 26.1 Å². The second-order valence-electron chi connectivity index (χ2n) is 6.60. The zero-order valence-corrected chi connectivity index (χ0v) is 14.5. The number of aromatic nitrogens is 1. The lowest BCUT2D eigenvalue weighted by atomic mass is 9.83. The van der Waals surface area contributed by atoms with E-state index in [2.05, 4.69) is 4.98 Å². The first kappa shape index (κ1) is 16.8. The highest BCUT2D eigenvalue weighted by Gasteiger charge is 2.56. The molecule has 0 bridgehead atoms. The van der Waals surface area contributed by atoms with E-state index < -0.39 is 10.0 Å². The van der Waals surface area contributed by atoms with E-state index in [-0.39, 0.29) is 16.8 Å². The van der Waals surface area contributed by atoms with Crippen molar-refractivity contribution in [2.75, 3.05) is 26.3 Å². The number of ether oxygens (including phenoxy) is 2. The average molecular weight is 340 g/mol. The molecule has 0 aliphatic carbocycles. The summed E-state index contributed by atoms with van der Waals surface area (Å²) in [5.41, 5.74) is 0.546. The van der Waals surface area contributed by atoms with Gasteiger partial charge < -0.3 is 9.47 Å². The molecule has 2 aliphatic heterocycles. The summed E-state index contributed by atoms with van der Waals surface area (Å²) in [4.78, 5) is 4.23. The van der Waals surface area contributed by atoms with Crippen LogP contribution in [-0.4, -0.2) is 54.9 Å². The Hall–Kier alpha value is -1.02. The molecule has 0 saturated carbocycles. The fraction of sp³-hybridized carbons (Fsp3) is 0.688. The van der Waals surface area contributed by atoms with E-state index in [1.807, 2.05) is 18.2 Å². The summed E-state index contributed by atoms with van der Waals surface area (Å²) >= 11 is 0. The molecule has 2 fully saturated rings. The molecule has 1 spiro atoms. The predicted octanol–water partition coefficient (Wildman–Crippen LogP) is 1.43. The lowest BCUT2D eigenvalue weighted by molar-refractivity contribution is -0.115. The molecule has 0 amide bonds. The molecule has 1 aromatic heterocycles. The molecule has 1 aromatic rings. The van der Waals surface area contributed by atoms with Crippen LogP contribution in [0.2, 0.25) is 0 Å². The Morgan fingerprint density at radius 3 is 2.87 bits per heavy atom. The summed E-state index contributed by atoms with van der Waals surface area (Å²) in [6.07, 6.45) is 2.66. The molecule has 6 nitrogen and oxygen atoms in total. The minimum Gasteiger partial charge on any atom is -0.375 e. The van der Waals surface area contributed by atoms with Gasteiger partial charge in [-0.15, -0.1) is 0 Å². The SMILES string of the molecule is CC(C)S(=O)(=O)N1CC2(C1)OCC[C@@H]2COCc1ccccn1. The standard InChI is InChI=1S/C16H24N2O4S/c1-13(2)23(19,20)18-11-16(12-18)14(6-8-22-16)9-21-10-15-5-3-4-7-17-15/h3-5,7,13-14H,6,8-12H2,1-2H3/t14-/m1/s1. The van der Waals surface area contributed by atoms with Gasteiger partial charge in [-0.1, -0.05) is 6.07 Å². The van der Waals surface area contributed by atoms with E-state index in [0.717, 1.165) is 12.1 Å². The third kappa shape index (κ3) is 3.28. The normalized spacial score (nSPS) is 24.2. The van der Waals surface area contributed by atoms with E-state index in [1.54, 1.807) is 20.0 Å². The lowest BCUT2D eigenvalue weighted by Gasteiger charge is -2.49. The summed E-state index contributed by atoms with van der Waals surface area (Å²) in [5, 5.41) is -0.389. The van der Waals surface area contributed by atoms with Crippen LogP contribution in [0.1, 0.15) is 26.0 Å². The van der Waals surface area contributed by atoms with E-state index in [1.165, 1.54) is 4.31 Å². The molecule has 128 valence electrons. The first-order valence-electron chi connectivity index (χ1n) is 8.05. The van der Waals surface area contributed by atoms with Crippen molar-refractivity contribution in [2.24, 2.45) is 5.92 Å². The largest absolute Gasteiger partial charge is 0.375 e. The molecule has 2 aliphatic rings. The lowest BCUT2D eigenvalue weighted by Crippen LogP contribution is -2.67. The van der Waals surface area contributed by atoms with Crippen molar-refractivity contribution in [3.05, 3.63) is 30.1 Å². The minimum absolute atomic E-state index is 0.241. The summed E-state index contributed by atoms with van der Waals surface area (Å²) < 4.78 is 37.6. The van der Waals surface area contributed by atoms with Crippen molar-refractivity contribution < 1.29 is 17.9 Å². The molecular weight excluding hydrogens is 316 g/mol. The molecule has 0 unspecified atom stereocenters. The van der Waals surface area contributed by atoms with Crippen LogP contribution < -0.4 is 0 Å². The van der Waals surface area contributed by atoms with Gasteiger partial charge in [-0.25, -0.2) is 8.42 Å². The minimum atomic E-state index is -3.19. The zero-order valence-electron chi connectivity index (χ0n) is 13.6. The average Bonchev–Trinajstić information content (AvgIpc) is 2.90. The molecule has 0 N–H and O–H groups in total. The first-order valence-corrected chi connectivity index (χ1v) is 9.55. The molecule has 3 rings (SSSR count). The van der Waals surface area contributed by atoms with Gasteiger partial charge in [-0.3, -0.25) is 4.98 Å². The van der Waals surface area contributed by atoms with Crippen molar-refractivity contribution in [3.8, 4) is 0 Å². The molecule has 3 heterocycles. The maximum atomic E-state index is 12.2. The van der Waals surface area contributed by atoms with Gasteiger partial charge in [0.05, 0.1) is 24.2 Å². The maximum Gasteiger partial charge on any atom is 0.216 e. The highest BCUT2D eigenvalue weighted by molar-refractivity contribution is 7.89. The van der Waals surface area contributed by atoms with Gasteiger partial charge in [0.1, 0.15) is 5.60 Å². The van der Waals surface area contributed by atoms with Gasteiger partial charge in [0.25, 0.3) is 0 Å². The van der Waals surface area contributed by atoms with E-state index in [4.69, 9.17) is 9.47 Å². The molecular formula is C16H24N2O4S. The van der Waals surface area contributed by atoms with Crippen LogP contribution in [0.5, 0.6) is 0 Å².